The van der Waals surface area contributed by atoms with E-state index in [1.165, 1.54) is 0 Å². The Morgan fingerprint density at radius 2 is 1.95 bits per heavy atom. The number of carbonyl (C=O) groups is 1. The van der Waals surface area contributed by atoms with Crippen molar-refractivity contribution >= 4 is 27.6 Å². The summed E-state index contributed by atoms with van der Waals surface area (Å²) in [6.07, 6.45) is 0. The highest BCUT2D eigenvalue weighted by molar-refractivity contribution is 9.10. The lowest BCUT2D eigenvalue weighted by molar-refractivity contribution is -0.138. The van der Waals surface area contributed by atoms with Crippen molar-refractivity contribution in [1.29, 1.82) is 0 Å². The number of hydrogen-bond donors (Lipinski definition) is 2. The van der Waals surface area contributed by atoms with Crippen LogP contribution in [0.5, 0.6) is 0 Å². The van der Waals surface area contributed by atoms with Gasteiger partial charge < -0.3 is 15.2 Å². The highest BCUT2D eigenvalue weighted by atomic mass is 79.9. The number of rotatable bonds is 6. The van der Waals surface area contributed by atoms with Gasteiger partial charge in [0.05, 0.1) is 6.61 Å². The maximum absolute atomic E-state index is 11.6. The first-order chi connectivity index (χ1) is 10.1. The van der Waals surface area contributed by atoms with Crippen LogP contribution in [0, 0.1) is 0 Å². The molecule has 0 fully saturated rings. The molecule has 0 heterocycles. The molecule has 0 bridgehead atoms. The molecule has 110 valence electrons. The Labute approximate surface area is 131 Å². The van der Waals surface area contributed by atoms with E-state index in [1.54, 1.807) is 19.2 Å². The Hall–Kier alpha value is -1.85. The van der Waals surface area contributed by atoms with E-state index >= 15 is 0 Å². The number of aliphatic carboxylic acids is 1. The largest absolute Gasteiger partial charge is 0.479 e. The Balaban J connectivity index is 2.34. The third-order valence-electron chi connectivity index (χ3n) is 3.09. The Kier molecular flexibility index (Phi) is 5.36. The second-order valence-corrected chi connectivity index (χ2v) is 5.38. The number of anilines is 1. The summed E-state index contributed by atoms with van der Waals surface area (Å²) < 4.78 is 6.06. The van der Waals surface area contributed by atoms with Gasteiger partial charge in [0.25, 0.3) is 0 Å². The molecule has 0 spiro atoms. The molecule has 0 saturated carbocycles. The molecule has 2 rings (SSSR count). The van der Waals surface area contributed by atoms with Gasteiger partial charge in [-0.15, -0.1) is 0 Å². The van der Waals surface area contributed by atoms with Gasteiger partial charge in [-0.05, 0) is 17.7 Å². The van der Waals surface area contributed by atoms with Crippen LogP contribution >= 0.6 is 15.9 Å². The third kappa shape index (κ3) is 3.83. The predicted molar refractivity (Wildman–Crippen MR) is 85.3 cm³/mol. The van der Waals surface area contributed by atoms with Crippen LogP contribution in [0.1, 0.15) is 17.2 Å². The monoisotopic (exact) mass is 349 g/mol. The molecular formula is C16H16BrNO3. The first-order valence-electron chi connectivity index (χ1n) is 6.44. The lowest BCUT2D eigenvalue weighted by Gasteiger charge is -2.19. The van der Waals surface area contributed by atoms with Crippen LogP contribution in [-0.4, -0.2) is 18.2 Å². The molecule has 0 aliphatic carbocycles. The maximum atomic E-state index is 11.6. The van der Waals surface area contributed by atoms with Gasteiger partial charge in [0.15, 0.2) is 6.04 Å². The third-order valence-corrected chi connectivity index (χ3v) is 3.83. The molecule has 4 nitrogen and oxygen atoms in total. The standard InChI is InChI=1S/C16H16BrNO3/c1-21-10-12-13(17)8-5-9-14(12)18-15(16(19)20)11-6-3-2-4-7-11/h2-9,15,18H,10H2,1H3,(H,19,20). The van der Waals surface area contributed by atoms with Crippen molar-refractivity contribution in [3.8, 4) is 0 Å². The fourth-order valence-electron chi connectivity index (χ4n) is 2.07. The zero-order valence-corrected chi connectivity index (χ0v) is 13.1. The maximum Gasteiger partial charge on any atom is 0.330 e. The molecule has 0 aromatic heterocycles. The minimum absolute atomic E-state index is 0.394. The van der Waals surface area contributed by atoms with Gasteiger partial charge >= 0.3 is 5.97 Å². The highest BCUT2D eigenvalue weighted by Gasteiger charge is 2.20. The lowest BCUT2D eigenvalue weighted by Crippen LogP contribution is -2.21. The minimum Gasteiger partial charge on any atom is -0.479 e. The van der Waals surface area contributed by atoms with E-state index in [0.717, 1.165) is 15.7 Å². The van der Waals surface area contributed by atoms with E-state index in [2.05, 4.69) is 21.2 Å². The molecule has 21 heavy (non-hydrogen) atoms. The molecule has 1 unspecified atom stereocenters. The Bertz CT molecular complexity index is 616. The van der Waals surface area contributed by atoms with E-state index in [0.29, 0.717) is 12.2 Å². The van der Waals surface area contributed by atoms with Crippen molar-refractivity contribution in [2.24, 2.45) is 0 Å². The lowest BCUT2D eigenvalue weighted by atomic mass is 10.1. The van der Waals surface area contributed by atoms with Crippen LogP contribution in [0.15, 0.2) is 53.0 Å². The summed E-state index contributed by atoms with van der Waals surface area (Å²) in [7, 11) is 1.61. The van der Waals surface area contributed by atoms with E-state index in [4.69, 9.17) is 4.74 Å². The molecule has 2 N–H and O–H groups in total. The van der Waals surface area contributed by atoms with Crippen LogP contribution in [0.4, 0.5) is 5.69 Å². The van der Waals surface area contributed by atoms with Crippen molar-refractivity contribution in [3.63, 3.8) is 0 Å². The first kappa shape index (κ1) is 15.5. The molecular weight excluding hydrogens is 334 g/mol. The van der Waals surface area contributed by atoms with Crippen molar-refractivity contribution in [2.75, 3.05) is 12.4 Å². The van der Waals surface area contributed by atoms with E-state index in [-0.39, 0.29) is 0 Å². The number of nitrogens with one attached hydrogen (secondary N) is 1. The van der Waals surface area contributed by atoms with Gasteiger partial charge in [-0.3, -0.25) is 0 Å². The van der Waals surface area contributed by atoms with Gasteiger partial charge in [-0.25, -0.2) is 4.79 Å². The van der Waals surface area contributed by atoms with Crippen LogP contribution < -0.4 is 5.32 Å². The minimum atomic E-state index is -0.926. The summed E-state index contributed by atoms with van der Waals surface area (Å²) in [5.74, 6) is -0.926. The van der Waals surface area contributed by atoms with Crippen LogP contribution in [0.2, 0.25) is 0 Å². The molecule has 1 atom stereocenters. The number of carboxylic acids is 1. The summed E-state index contributed by atoms with van der Waals surface area (Å²) in [6.45, 7) is 0.394. The second kappa shape index (κ2) is 7.24. The quantitative estimate of drug-likeness (QED) is 0.831. The summed E-state index contributed by atoms with van der Waals surface area (Å²) in [4.78, 5) is 11.6. The van der Waals surface area contributed by atoms with Gasteiger partial charge in [0.2, 0.25) is 0 Å². The van der Waals surface area contributed by atoms with Crippen molar-refractivity contribution in [3.05, 3.63) is 64.1 Å². The topological polar surface area (TPSA) is 58.6 Å². The number of methoxy groups -OCH3 is 1. The first-order valence-corrected chi connectivity index (χ1v) is 7.23. The van der Waals surface area contributed by atoms with Gasteiger partial charge in [0.1, 0.15) is 0 Å². The van der Waals surface area contributed by atoms with Crippen LogP contribution in [-0.2, 0) is 16.1 Å². The number of hydrogen-bond acceptors (Lipinski definition) is 3. The normalized spacial score (nSPS) is 11.9. The molecule has 0 radical (unpaired) electrons. The average Bonchev–Trinajstić information content (AvgIpc) is 2.48. The Morgan fingerprint density at radius 3 is 2.57 bits per heavy atom. The number of halogens is 1. The van der Waals surface area contributed by atoms with Crippen molar-refractivity contribution < 1.29 is 14.6 Å². The van der Waals surface area contributed by atoms with Crippen LogP contribution in [0.3, 0.4) is 0 Å². The van der Waals surface area contributed by atoms with Gasteiger partial charge in [-0.2, -0.15) is 0 Å². The van der Waals surface area contributed by atoms with Gasteiger partial charge in [-0.1, -0.05) is 52.3 Å². The summed E-state index contributed by atoms with van der Waals surface area (Å²) >= 11 is 3.46. The van der Waals surface area contributed by atoms with Gasteiger partial charge in [0, 0.05) is 22.8 Å². The van der Waals surface area contributed by atoms with Crippen molar-refractivity contribution in [1.82, 2.24) is 0 Å². The number of ether oxygens (including phenoxy) is 1. The predicted octanol–water partition coefficient (Wildman–Crippen LogP) is 3.83. The molecule has 0 aliphatic rings. The van der Waals surface area contributed by atoms with E-state index < -0.39 is 12.0 Å². The molecule has 0 amide bonds. The smallest absolute Gasteiger partial charge is 0.330 e. The Morgan fingerprint density at radius 1 is 1.24 bits per heavy atom. The van der Waals surface area contributed by atoms with Crippen molar-refractivity contribution in [2.45, 2.75) is 12.6 Å². The number of benzene rings is 2. The average molecular weight is 350 g/mol. The molecule has 0 saturated heterocycles. The molecule has 2 aromatic carbocycles. The SMILES string of the molecule is COCc1c(Br)cccc1NC(C(=O)O)c1ccccc1. The zero-order valence-electron chi connectivity index (χ0n) is 11.5. The zero-order chi connectivity index (χ0) is 15.2. The summed E-state index contributed by atoms with van der Waals surface area (Å²) in [5, 5.41) is 12.6. The molecule has 0 aliphatic heterocycles. The summed E-state index contributed by atoms with van der Waals surface area (Å²) in [5.41, 5.74) is 2.33. The van der Waals surface area contributed by atoms with E-state index in [1.807, 2.05) is 36.4 Å². The molecule has 2 aromatic rings. The highest BCUT2D eigenvalue weighted by Crippen LogP contribution is 2.29. The molecule has 5 heteroatoms. The second-order valence-electron chi connectivity index (χ2n) is 4.53. The fraction of sp³-hybridized carbons (Fsp3) is 0.188. The summed E-state index contributed by atoms with van der Waals surface area (Å²) in [6, 6.07) is 13.9. The number of carboxylic acid groups (broad SMARTS) is 1. The fourth-order valence-corrected chi connectivity index (χ4v) is 2.55. The van der Waals surface area contributed by atoms with Crippen LogP contribution in [0.25, 0.3) is 0 Å². The van der Waals surface area contributed by atoms with E-state index in [9.17, 15) is 9.90 Å².